The highest BCUT2D eigenvalue weighted by Gasteiger charge is 2.45. The molecule has 2 aromatic carbocycles. The molecule has 0 N–H and O–H groups in total. The van der Waals surface area contributed by atoms with Gasteiger partial charge in [-0.3, -0.25) is 14.5 Å². The van der Waals surface area contributed by atoms with Crippen LogP contribution in [-0.4, -0.2) is 11.7 Å². The highest BCUT2D eigenvalue weighted by molar-refractivity contribution is 6.07. The normalized spacial score (nSPS) is 21.4. The first-order chi connectivity index (χ1) is 14.5. The molecule has 1 aliphatic heterocycles. The van der Waals surface area contributed by atoms with E-state index in [0.717, 1.165) is 12.1 Å². The second-order valence-corrected chi connectivity index (χ2v) is 8.85. The zero-order chi connectivity index (χ0) is 22.6. The van der Waals surface area contributed by atoms with Gasteiger partial charge in [0.25, 0.3) is 0 Å². The zero-order valence-corrected chi connectivity index (χ0v) is 17.1. The Labute approximate surface area is 177 Å². The lowest BCUT2D eigenvalue weighted by atomic mass is 9.69. The molecule has 0 saturated heterocycles. The molecule has 0 fully saturated rings. The van der Waals surface area contributed by atoms with Crippen LogP contribution in [0.3, 0.4) is 0 Å². The van der Waals surface area contributed by atoms with Gasteiger partial charge in [-0.2, -0.15) is 13.2 Å². The van der Waals surface area contributed by atoms with Gasteiger partial charge in [0.05, 0.1) is 5.56 Å². The van der Waals surface area contributed by atoms with Gasteiger partial charge < -0.3 is 0 Å². The van der Waals surface area contributed by atoms with Gasteiger partial charge >= 0.3 is 6.18 Å². The molecule has 31 heavy (non-hydrogen) atoms. The number of nitrogens with zero attached hydrogens (tertiary/aromatic N) is 1. The maximum atomic E-state index is 14.5. The summed E-state index contributed by atoms with van der Waals surface area (Å²) in [5.41, 5.74) is 0.123. The quantitative estimate of drug-likeness (QED) is 0.547. The minimum atomic E-state index is -4.49. The highest BCUT2D eigenvalue weighted by atomic mass is 19.4. The second-order valence-electron chi connectivity index (χ2n) is 8.85. The fourth-order valence-corrected chi connectivity index (χ4v) is 4.54. The minimum absolute atomic E-state index is 0.132. The third-order valence-corrected chi connectivity index (χ3v) is 5.88. The van der Waals surface area contributed by atoms with Crippen molar-refractivity contribution in [3.63, 3.8) is 0 Å². The summed E-state index contributed by atoms with van der Waals surface area (Å²) in [5, 5.41) is 0. The van der Waals surface area contributed by atoms with E-state index in [1.54, 1.807) is 18.2 Å². The Morgan fingerprint density at radius 2 is 1.61 bits per heavy atom. The molecule has 0 saturated carbocycles. The van der Waals surface area contributed by atoms with Gasteiger partial charge in [0.1, 0.15) is 5.82 Å². The molecule has 1 heterocycles. The lowest BCUT2D eigenvalue weighted by Gasteiger charge is -2.43. The van der Waals surface area contributed by atoms with Gasteiger partial charge in [-0.15, -0.1) is 0 Å². The number of hydrogen-bond donors (Lipinski definition) is 0. The third-order valence-electron chi connectivity index (χ3n) is 5.88. The number of allylic oxidation sites excluding steroid dienone is 2. The van der Waals surface area contributed by atoms with Gasteiger partial charge in [-0.05, 0) is 47.7 Å². The molecule has 2 aromatic rings. The Balaban J connectivity index is 1.86. The number of alkyl halides is 3. The van der Waals surface area contributed by atoms with Gasteiger partial charge in [0.2, 0.25) is 5.91 Å². The summed E-state index contributed by atoms with van der Waals surface area (Å²) in [6, 6.07) is 10.4. The lowest BCUT2D eigenvalue weighted by molar-refractivity contribution is -0.137. The Morgan fingerprint density at radius 1 is 0.968 bits per heavy atom. The van der Waals surface area contributed by atoms with Crippen molar-refractivity contribution in [3.05, 3.63) is 76.7 Å². The van der Waals surface area contributed by atoms with Crippen LogP contribution in [0, 0.1) is 11.2 Å². The van der Waals surface area contributed by atoms with Gasteiger partial charge in [0.15, 0.2) is 5.78 Å². The first-order valence-electron chi connectivity index (χ1n) is 9.99. The van der Waals surface area contributed by atoms with Crippen molar-refractivity contribution < 1.29 is 27.2 Å². The first-order valence-corrected chi connectivity index (χ1v) is 9.99. The van der Waals surface area contributed by atoms with Crippen molar-refractivity contribution in [1.29, 1.82) is 0 Å². The molecule has 162 valence electrons. The molecule has 1 aliphatic carbocycles. The Hall–Kier alpha value is -2.96. The summed E-state index contributed by atoms with van der Waals surface area (Å²) < 4.78 is 53.5. The van der Waals surface area contributed by atoms with E-state index in [0.29, 0.717) is 17.7 Å². The van der Waals surface area contributed by atoms with Crippen molar-refractivity contribution in [2.75, 3.05) is 4.90 Å². The number of anilines is 1. The van der Waals surface area contributed by atoms with E-state index in [2.05, 4.69) is 0 Å². The summed E-state index contributed by atoms with van der Waals surface area (Å²) >= 11 is 0. The van der Waals surface area contributed by atoms with E-state index in [-0.39, 0.29) is 35.8 Å². The van der Waals surface area contributed by atoms with Crippen molar-refractivity contribution in [2.45, 2.75) is 45.2 Å². The molecule has 4 rings (SSSR count). The number of benzene rings is 2. The molecule has 3 nitrogen and oxygen atoms in total. The van der Waals surface area contributed by atoms with Crippen LogP contribution in [0.4, 0.5) is 23.2 Å². The maximum absolute atomic E-state index is 14.5. The Kier molecular flexibility index (Phi) is 5.03. The van der Waals surface area contributed by atoms with E-state index in [4.69, 9.17) is 0 Å². The molecule has 0 radical (unpaired) electrons. The third kappa shape index (κ3) is 3.89. The minimum Gasteiger partial charge on any atom is -0.294 e. The SMILES string of the molecule is CC1(C)CC(=O)C2=C(C1)N(c1ccc(C(F)(F)F)cc1)C(=O)CC2c1ccccc1F. The number of halogens is 4. The van der Waals surface area contributed by atoms with E-state index in [1.807, 2.05) is 13.8 Å². The van der Waals surface area contributed by atoms with Crippen molar-refractivity contribution in [2.24, 2.45) is 5.41 Å². The monoisotopic (exact) mass is 431 g/mol. The molecule has 7 heteroatoms. The molecule has 1 atom stereocenters. The van der Waals surface area contributed by atoms with Crippen LogP contribution < -0.4 is 4.90 Å². The summed E-state index contributed by atoms with van der Waals surface area (Å²) in [4.78, 5) is 27.7. The summed E-state index contributed by atoms with van der Waals surface area (Å²) in [6.07, 6.45) is -3.99. The molecule has 2 aliphatic rings. The molecule has 1 unspecified atom stereocenters. The average Bonchev–Trinajstić information content (AvgIpc) is 2.66. The van der Waals surface area contributed by atoms with E-state index in [1.165, 1.54) is 23.1 Å². The van der Waals surface area contributed by atoms with Crippen molar-refractivity contribution in [3.8, 4) is 0 Å². The van der Waals surface area contributed by atoms with Crippen LogP contribution in [0.5, 0.6) is 0 Å². The number of amides is 1. The van der Waals surface area contributed by atoms with Crippen LogP contribution in [0.15, 0.2) is 59.8 Å². The molecule has 0 bridgehead atoms. The van der Waals surface area contributed by atoms with Crippen LogP contribution in [0.25, 0.3) is 0 Å². The smallest absolute Gasteiger partial charge is 0.294 e. The molecule has 1 amide bonds. The van der Waals surface area contributed by atoms with Crippen molar-refractivity contribution >= 4 is 17.4 Å². The van der Waals surface area contributed by atoms with Crippen LogP contribution in [0.1, 0.15) is 50.2 Å². The number of Topliss-reactive ketones (excluding diaryl/α,β-unsaturated/α-hetero) is 1. The van der Waals surface area contributed by atoms with Crippen molar-refractivity contribution in [1.82, 2.24) is 0 Å². The lowest BCUT2D eigenvalue weighted by Crippen LogP contribution is -2.43. The number of carbonyl (C=O) groups excluding carboxylic acids is 2. The number of hydrogen-bond acceptors (Lipinski definition) is 2. The maximum Gasteiger partial charge on any atom is 0.416 e. The number of carbonyl (C=O) groups is 2. The molecule has 0 spiro atoms. The topological polar surface area (TPSA) is 37.4 Å². The van der Waals surface area contributed by atoms with E-state index < -0.39 is 28.9 Å². The van der Waals surface area contributed by atoms with Crippen LogP contribution >= 0.6 is 0 Å². The van der Waals surface area contributed by atoms with Crippen LogP contribution in [0.2, 0.25) is 0 Å². The first kappa shape index (κ1) is 21.3. The van der Waals surface area contributed by atoms with Gasteiger partial charge in [-0.25, -0.2) is 4.39 Å². The highest BCUT2D eigenvalue weighted by Crippen LogP contribution is 2.48. The fourth-order valence-electron chi connectivity index (χ4n) is 4.54. The number of rotatable bonds is 2. The second kappa shape index (κ2) is 7.32. The van der Waals surface area contributed by atoms with E-state index in [9.17, 15) is 27.2 Å². The Morgan fingerprint density at radius 3 is 2.23 bits per heavy atom. The number of ketones is 1. The Bertz CT molecular complexity index is 1080. The molecular weight excluding hydrogens is 410 g/mol. The summed E-state index contributed by atoms with van der Waals surface area (Å²) in [5.74, 6) is -1.74. The van der Waals surface area contributed by atoms with Gasteiger partial charge in [-0.1, -0.05) is 32.0 Å². The summed E-state index contributed by atoms with van der Waals surface area (Å²) in [6.45, 7) is 3.80. The zero-order valence-electron chi connectivity index (χ0n) is 17.1. The van der Waals surface area contributed by atoms with Crippen LogP contribution in [-0.2, 0) is 15.8 Å². The predicted octanol–water partition coefficient (Wildman–Crippen LogP) is 6.01. The van der Waals surface area contributed by atoms with Gasteiger partial charge in [0, 0.05) is 35.7 Å². The fraction of sp³-hybridized carbons (Fsp3) is 0.333. The average molecular weight is 431 g/mol. The summed E-state index contributed by atoms with van der Waals surface area (Å²) in [7, 11) is 0. The largest absolute Gasteiger partial charge is 0.416 e. The standard InChI is InChI=1S/C24H21F4NO2/c1-23(2)12-19-22(20(30)13-23)17(16-5-3-4-6-18(16)25)11-21(31)29(19)15-9-7-14(8-10-15)24(26,27)28/h3-10,17H,11-13H2,1-2H3. The van der Waals surface area contributed by atoms with E-state index >= 15 is 0 Å². The predicted molar refractivity (Wildman–Crippen MR) is 108 cm³/mol. The molecular formula is C24H21F4NO2. The molecule has 0 aromatic heterocycles.